The van der Waals surface area contributed by atoms with Crippen LogP contribution in [0.2, 0.25) is 0 Å². The van der Waals surface area contributed by atoms with Gasteiger partial charge in [0.25, 0.3) is 5.91 Å². The van der Waals surface area contributed by atoms with Crippen LogP contribution in [0.15, 0.2) is 60.7 Å². The molecular weight excluding hydrogens is 480 g/mol. The van der Waals surface area contributed by atoms with Crippen LogP contribution < -0.4 is 9.64 Å². The maximum absolute atomic E-state index is 13.2. The Labute approximate surface area is 224 Å². The van der Waals surface area contributed by atoms with E-state index in [-0.39, 0.29) is 18.4 Å². The first-order valence-corrected chi connectivity index (χ1v) is 12.9. The highest BCUT2D eigenvalue weighted by molar-refractivity contribution is 5.96. The third-order valence-electron chi connectivity index (χ3n) is 6.70. The molecule has 38 heavy (non-hydrogen) atoms. The van der Waals surface area contributed by atoms with Crippen molar-refractivity contribution in [3.05, 3.63) is 71.8 Å². The molecule has 1 fully saturated rings. The van der Waals surface area contributed by atoms with Gasteiger partial charge in [-0.2, -0.15) is 0 Å². The summed E-state index contributed by atoms with van der Waals surface area (Å²) in [4.78, 5) is 34.0. The van der Waals surface area contributed by atoms with E-state index in [0.717, 1.165) is 28.4 Å². The average molecular weight is 517 g/mol. The van der Waals surface area contributed by atoms with Crippen LogP contribution in [-0.4, -0.2) is 104 Å². The van der Waals surface area contributed by atoms with Crippen LogP contribution in [0, 0.1) is 6.92 Å². The molecule has 4 rings (SSSR count). The minimum atomic E-state index is -0.120. The zero-order valence-corrected chi connectivity index (χ0v) is 22.6. The number of benzene rings is 2. The average Bonchev–Trinajstić information content (AvgIpc) is 2.95. The fourth-order valence-corrected chi connectivity index (χ4v) is 4.33. The Morgan fingerprint density at radius 1 is 0.921 bits per heavy atom. The number of rotatable bonds is 9. The summed E-state index contributed by atoms with van der Waals surface area (Å²) in [5, 5.41) is 8.84. The maximum atomic E-state index is 13.2. The molecule has 9 nitrogen and oxygen atoms in total. The van der Waals surface area contributed by atoms with Crippen molar-refractivity contribution in [2.45, 2.75) is 6.92 Å². The van der Waals surface area contributed by atoms with Crippen molar-refractivity contribution in [2.24, 2.45) is 0 Å². The summed E-state index contributed by atoms with van der Waals surface area (Å²) in [5.41, 5.74) is 3.41. The third kappa shape index (κ3) is 6.86. The number of hydrogen-bond acceptors (Lipinski definition) is 7. The molecule has 0 radical (unpaired) electrons. The van der Waals surface area contributed by atoms with Gasteiger partial charge in [-0.1, -0.05) is 29.8 Å². The molecule has 1 aromatic heterocycles. The number of aryl methyl sites for hydroxylation is 1. The van der Waals surface area contributed by atoms with Gasteiger partial charge in [0.2, 0.25) is 5.91 Å². The van der Waals surface area contributed by atoms with Gasteiger partial charge in [0.15, 0.2) is 5.82 Å². The summed E-state index contributed by atoms with van der Waals surface area (Å²) >= 11 is 0. The molecule has 0 spiro atoms. The standard InChI is InChI=1S/C29H36N6O3/c1-22-8-10-23(11-9-22)29(37)35(15-14-32(2)3)21-28(36)34-18-16-33(17-19-34)27-13-12-26(30-31-27)24-6-5-7-25(20-24)38-4/h5-13,20H,14-19,21H2,1-4H3. The molecule has 0 unspecified atom stereocenters. The summed E-state index contributed by atoms with van der Waals surface area (Å²) in [6.45, 7) is 5.67. The SMILES string of the molecule is COc1cccc(-c2ccc(N3CCN(C(=O)CN(CCN(C)C)C(=O)c4ccc(C)cc4)CC3)nn2)c1. The Kier molecular flexibility index (Phi) is 8.91. The summed E-state index contributed by atoms with van der Waals surface area (Å²) in [5.74, 6) is 1.40. The molecule has 1 aliphatic rings. The van der Waals surface area contributed by atoms with Crippen LogP contribution in [0.25, 0.3) is 11.3 Å². The van der Waals surface area contributed by atoms with Gasteiger partial charge in [-0.05, 0) is 57.4 Å². The van der Waals surface area contributed by atoms with E-state index in [1.165, 1.54) is 0 Å². The number of amides is 2. The lowest BCUT2D eigenvalue weighted by atomic mass is 10.1. The lowest BCUT2D eigenvalue weighted by molar-refractivity contribution is -0.132. The van der Waals surface area contributed by atoms with Gasteiger partial charge in [-0.25, -0.2) is 0 Å². The fraction of sp³-hybridized carbons (Fsp3) is 0.379. The monoisotopic (exact) mass is 516 g/mol. The van der Waals surface area contributed by atoms with E-state index in [0.29, 0.717) is 44.8 Å². The lowest BCUT2D eigenvalue weighted by Gasteiger charge is -2.36. The van der Waals surface area contributed by atoms with Crippen molar-refractivity contribution in [3.8, 4) is 17.0 Å². The molecule has 0 aliphatic carbocycles. The number of nitrogens with zero attached hydrogens (tertiary/aromatic N) is 6. The number of aromatic nitrogens is 2. The first-order chi connectivity index (χ1) is 18.3. The minimum Gasteiger partial charge on any atom is -0.497 e. The van der Waals surface area contributed by atoms with Crippen LogP contribution in [0.3, 0.4) is 0 Å². The minimum absolute atomic E-state index is 0.0386. The van der Waals surface area contributed by atoms with Crippen LogP contribution in [0.4, 0.5) is 5.82 Å². The number of hydrogen-bond donors (Lipinski definition) is 0. The number of anilines is 1. The smallest absolute Gasteiger partial charge is 0.254 e. The number of methoxy groups -OCH3 is 1. The van der Waals surface area contributed by atoms with E-state index < -0.39 is 0 Å². The van der Waals surface area contributed by atoms with E-state index in [1.54, 1.807) is 12.0 Å². The number of piperazine rings is 1. The van der Waals surface area contributed by atoms with Crippen LogP contribution >= 0.6 is 0 Å². The predicted molar refractivity (Wildman–Crippen MR) is 148 cm³/mol. The Bertz CT molecular complexity index is 1220. The highest BCUT2D eigenvalue weighted by atomic mass is 16.5. The summed E-state index contributed by atoms with van der Waals surface area (Å²) in [7, 11) is 5.56. The molecule has 2 heterocycles. The molecule has 0 atom stereocenters. The first-order valence-electron chi connectivity index (χ1n) is 12.9. The van der Waals surface area contributed by atoms with Gasteiger partial charge >= 0.3 is 0 Å². The molecule has 2 amide bonds. The maximum Gasteiger partial charge on any atom is 0.254 e. The van der Waals surface area contributed by atoms with E-state index >= 15 is 0 Å². The highest BCUT2D eigenvalue weighted by Gasteiger charge is 2.26. The van der Waals surface area contributed by atoms with E-state index in [9.17, 15) is 9.59 Å². The molecule has 3 aromatic rings. The topological polar surface area (TPSA) is 82.1 Å². The second-order valence-corrected chi connectivity index (χ2v) is 9.77. The second-order valence-electron chi connectivity index (χ2n) is 9.77. The molecule has 0 N–H and O–H groups in total. The molecule has 1 saturated heterocycles. The van der Waals surface area contributed by atoms with Gasteiger partial charge < -0.3 is 24.3 Å². The molecule has 0 saturated carbocycles. The van der Waals surface area contributed by atoms with E-state index in [4.69, 9.17) is 4.74 Å². The van der Waals surface area contributed by atoms with Crippen molar-refractivity contribution in [2.75, 3.05) is 71.9 Å². The lowest BCUT2D eigenvalue weighted by Crippen LogP contribution is -2.52. The number of ether oxygens (including phenoxy) is 1. The van der Waals surface area contributed by atoms with Gasteiger partial charge in [0, 0.05) is 50.4 Å². The highest BCUT2D eigenvalue weighted by Crippen LogP contribution is 2.23. The molecule has 2 aromatic carbocycles. The van der Waals surface area contributed by atoms with Crippen LogP contribution in [0.5, 0.6) is 5.75 Å². The number of carbonyl (C=O) groups excluding carboxylic acids is 2. The Balaban J connectivity index is 1.35. The molecule has 9 heteroatoms. The van der Waals surface area contributed by atoms with E-state index in [1.807, 2.05) is 91.5 Å². The van der Waals surface area contributed by atoms with Gasteiger partial charge in [0.05, 0.1) is 12.8 Å². The largest absolute Gasteiger partial charge is 0.497 e. The van der Waals surface area contributed by atoms with E-state index in [2.05, 4.69) is 15.1 Å². The van der Waals surface area contributed by atoms with Gasteiger partial charge in [-0.3, -0.25) is 9.59 Å². The van der Waals surface area contributed by atoms with Crippen molar-refractivity contribution >= 4 is 17.6 Å². The van der Waals surface area contributed by atoms with Gasteiger partial charge in [0.1, 0.15) is 12.3 Å². The fourth-order valence-electron chi connectivity index (χ4n) is 4.33. The normalized spacial score (nSPS) is 13.5. The molecule has 200 valence electrons. The summed E-state index contributed by atoms with van der Waals surface area (Å²) in [6, 6.07) is 19.1. The van der Waals surface area contributed by atoms with Gasteiger partial charge in [-0.15, -0.1) is 10.2 Å². The third-order valence-corrected chi connectivity index (χ3v) is 6.70. The predicted octanol–water partition coefficient (Wildman–Crippen LogP) is 2.81. The molecule has 1 aliphatic heterocycles. The van der Waals surface area contributed by atoms with Crippen LogP contribution in [-0.2, 0) is 4.79 Å². The Morgan fingerprint density at radius 3 is 2.29 bits per heavy atom. The number of carbonyl (C=O) groups is 2. The quantitative estimate of drug-likeness (QED) is 0.433. The summed E-state index contributed by atoms with van der Waals surface area (Å²) < 4.78 is 5.30. The van der Waals surface area contributed by atoms with Crippen LogP contribution in [0.1, 0.15) is 15.9 Å². The molecular formula is C29H36N6O3. The van der Waals surface area contributed by atoms with Crippen molar-refractivity contribution in [3.63, 3.8) is 0 Å². The Morgan fingerprint density at radius 2 is 1.66 bits per heavy atom. The molecule has 0 bridgehead atoms. The second kappa shape index (κ2) is 12.5. The zero-order valence-electron chi connectivity index (χ0n) is 22.6. The van der Waals surface area contributed by atoms with Crippen molar-refractivity contribution in [1.29, 1.82) is 0 Å². The number of likely N-dealkylation sites (N-methyl/N-ethyl adjacent to an activating group) is 1. The summed E-state index contributed by atoms with van der Waals surface area (Å²) in [6.07, 6.45) is 0. The van der Waals surface area contributed by atoms with Crippen molar-refractivity contribution in [1.82, 2.24) is 24.9 Å². The Hall–Kier alpha value is -3.98. The first kappa shape index (κ1) is 27.1. The zero-order chi connectivity index (χ0) is 27.1. The van der Waals surface area contributed by atoms with Crippen molar-refractivity contribution < 1.29 is 14.3 Å².